The highest BCUT2D eigenvalue weighted by atomic mass is 16.2. The van der Waals surface area contributed by atoms with Crippen LogP contribution in [0.3, 0.4) is 0 Å². The molecule has 2 saturated heterocycles. The molecule has 0 aromatic rings. The van der Waals surface area contributed by atoms with Crippen molar-refractivity contribution in [3.63, 3.8) is 0 Å². The molecule has 2 rings (SSSR count). The average Bonchev–Trinajstić information content (AvgIpc) is 2.81. The largest absolute Gasteiger partial charge is 0.352 e. The van der Waals surface area contributed by atoms with Gasteiger partial charge in [0.15, 0.2) is 0 Å². The standard InChI is InChI=1S/C13H23N3O2/c1-10(17)15-12-3-2-6-16(9-12)13(18)7-11-4-5-14-8-11/h11-12,14H,2-9H2,1H3,(H,15,17). The Kier molecular flexibility index (Phi) is 4.58. The summed E-state index contributed by atoms with van der Waals surface area (Å²) in [5.74, 6) is 0.742. The van der Waals surface area contributed by atoms with Gasteiger partial charge in [-0.3, -0.25) is 9.59 Å². The Bertz CT molecular complexity index is 313. The molecular formula is C13H23N3O2. The van der Waals surface area contributed by atoms with E-state index in [1.54, 1.807) is 0 Å². The van der Waals surface area contributed by atoms with Crippen molar-refractivity contribution in [1.82, 2.24) is 15.5 Å². The predicted molar refractivity (Wildman–Crippen MR) is 69.0 cm³/mol. The van der Waals surface area contributed by atoms with Gasteiger partial charge in [0.2, 0.25) is 11.8 Å². The predicted octanol–water partition coefficient (Wildman–Crippen LogP) is 0.113. The van der Waals surface area contributed by atoms with Crippen molar-refractivity contribution in [2.45, 2.75) is 38.6 Å². The lowest BCUT2D eigenvalue weighted by atomic mass is 10.0. The van der Waals surface area contributed by atoms with Gasteiger partial charge in [0, 0.05) is 32.5 Å². The van der Waals surface area contributed by atoms with Crippen LogP contribution < -0.4 is 10.6 Å². The SMILES string of the molecule is CC(=O)NC1CCCN(C(=O)CC2CCNC2)C1. The second-order valence-electron chi connectivity index (χ2n) is 5.44. The number of carbonyl (C=O) groups excluding carboxylic acids is 2. The van der Waals surface area contributed by atoms with E-state index in [4.69, 9.17) is 0 Å². The number of likely N-dealkylation sites (tertiary alicyclic amines) is 1. The molecule has 2 amide bonds. The molecule has 5 nitrogen and oxygen atoms in total. The number of nitrogens with zero attached hydrogens (tertiary/aromatic N) is 1. The highest BCUT2D eigenvalue weighted by Crippen LogP contribution is 2.17. The number of hydrogen-bond acceptors (Lipinski definition) is 3. The summed E-state index contributed by atoms with van der Waals surface area (Å²) in [7, 11) is 0. The van der Waals surface area contributed by atoms with Crippen LogP contribution in [0.15, 0.2) is 0 Å². The summed E-state index contributed by atoms with van der Waals surface area (Å²) in [4.78, 5) is 25.1. The molecule has 0 bridgehead atoms. The van der Waals surface area contributed by atoms with Crippen LogP contribution in [0.5, 0.6) is 0 Å². The Labute approximate surface area is 108 Å². The molecule has 2 unspecified atom stereocenters. The van der Waals surface area contributed by atoms with Crippen LogP contribution in [-0.2, 0) is 9.59 Å². The molecule has 0 aromatic heterocycles. The molecule has 2 fully saturated rings. The number of carbonyl (C=O) groups is 2. The molecule has 2 N–H and O–H groups in total. The average molecular weight is 253 g/mol. The fourth-order valence-corrected chi connectivity index (χ4v) is 2.87. The minimum absolute atomic E-state index is 0.00529. The molecule has 0 aliphatic carbocycles. The number of nitrogens with one attached hydrogen (secondary N) is 2. The lowest BCUT2D eigenvalue weighted by Crippen LogP contribution is -2.49. The lowest BCUT2D eigenvalue weighted by Gasteiger charge is -2.33. The van der Waals surface area contributed by atoms with E-state index in [2.05, 4.69) is 10.6 Å². The van der Waals surface area contributed by atoms with Crippen molar-refractivity contribution in [3.8, 4) is 0 Å². The van der Waals surface area contributed by atoms with Gasteiger partial charge in [0.25, 0.3) is 0 Å². The first-order valence-corrected chi connectivity index (χ1v) is 6.90. The first-order chi connectivity index (χ1) is 8.65. The van der Waals surface area contributed by atoms with Gasteiger partial charge in [-0.2, -0.15) is 0 Å². The van der Waals surface area contributed by atoms with Crippen LogP contribution in [0.1, 0.15) is 32.6 Å². The molecule has 2 aliphatic heterocycles. The zero-order chi connectivity index (χ0) is 13.0. The van der Waals surface area contributed by atoms with Crippen LogP contribution in [-0.4, -0.2) is 48.9 Å². The Hall–Kier alpha value is -1.10. The molecule has 2 atom stereocenters. The van der Waals surface area contributed by atoms with Crippen molar-refractivity contribution in [2.24, 2.45) is 5.92 Å². The third kappa shape index (κ3) is 3.70. The van der Waals surface area contributed by atoms with E-state index in [0.717, 1.165) is 38.9 Å². The Morgan fingerprint density at radius 1 is 1.39 bits per heavy atom. The van der Waals surface area contributed by atoms with Crippen molar-refractivity contribution >= 4 is 11.8 Å². The summed E-state index contributed by atoms with van der Waals surface area (Å²) < 4.78 is 0. The van der Waals surface area contributed by atoms with Crippen LogP contribution in [0, 0.1) is 5.92 Å². The molecule has 2 aliphatic rings. The number of piperidine rings is 1. The van der Waals surface area contributed by atoms with Crippen molar-refractivity contribution in [2.75, 3.05) is 26.2 Å². The van der Waals surface area contributed by atoms with E-state index in [1.165, 1.54) is 6.92 Å². The summed E-state index contributed by atoms with van der Waals surface area (Å²) >= 11 is 0. The summed E-state index contributed by atoms with van der Waals surface area (Å²) in [6.07, 6.45) is 3.72. The van der Waals surface area contributed by atoms with E-state index in [9.17, 15) is 9.59 Å². The van der Waals surface area contributed by atoms with E-state index < -0.39 is 0 Å². The molecule has 0 saturated carbocycles. The lowest BCUT2D eigenvalue weighted by molar-refractivity contribution is -0.134. The molecular weight excluding hydrogens is 230 g/mol. The zero-order valence-corrected chi connectivity index (χ0v) is 11.1. The third-order valence-electron chi connectivity index (χ3n) is 3.81. The summed E-state index contributed by atoms with van der Waals surface area (Å²) in [6.45, 7) is 5.06. The molecule has 5 heteroatoms. The fraction of sp³-hybridized carbons (Fsp3) is 0.846. The monoisotopic (exact) mass is 253 g/mol. The van der Waals surface area contributed by atoms with Crippen LogP contribution in [0.25, 0.3) is 0 Å². The molecule has 0 spiro atoms. The maximum absolute atomic E-state index is 12.2. The Morgan fingerprint density at radius 3 is 2.89 bits per heavy atom. The van der Waals surface area contributed by atoms with E-state index in [0.29, 0.717) is 18.9 Å². The number of rotatable bonds is 3. The summed E-state index contributed by atoms with van der Waals surface area (Å²) in [5, 5.41) is 6.20. The topological polar surface area (TPSA) is 61.4 Å². The van der Waals surface area contributed by atoms with Crippen molar-refractivity contribution in [1.29, 1.82) is 0 Å². The zero-order valence-electron chi connectivity index (χ0n) is 11.1. The van der Waals surface area contributed by atoms with Gasteiger partial charge in [-0.1, -0.05) is 0 Å². The van der Waals surface area contributed by atoms with Gasteiger partial charge in [-0.15, -0.1) is 0 Å². The highest BCUT2D eigenvalue weighted by molar-refractivity contribution is 5.77. The second-order valence-corrected chi connectivity index (χ2v) is 5.44. The first kappa shape index (κ1) is 13.3. The van der Waals surface area contributed by atoms with Crippen LogP contribution in [0.2, 0.25) is 0 Å². The Balaban J connectivity index is 1.79. The quantitative estimate of drug-likeness (QED) is 0.750. The van der Waals surface area contributed by atoms with Gasteiger partial charge >= 0.3 is 0 Å². The summed E-state index contributed by atoms with van der Waals surface area (Å²) in [6, 6.07) is 0.141. The summed E-state index contributed by atoms with van der Waals surface area (Å²) in [5.41, 5.74) is 0. The van der Waals surface area contributed by atoms with Gasteiger partial charge in [0.05, 0.1) is 0 Å². The number of hydrogen-bond donors (Lipinski definition) is 2. The van der Waals surface area contributed by atoms with E-state index >= 15 is 0 Å². The molecule has 18 heavy (non-hydrogen) atoms. The third-order valence-corrected chi connectivity index (χ3v) is 3.81. The van der Waals surface area contributed by atoms with Crippen LogP contribution in [0.4, 0.5) is 0 Å². The minimum atomic E-state index is -0.00529. The molecule has 102 valence electrons. The maximum atomic E-state index is 12.2. The molecule has 0 aromatic carbocycles. The smallest absolute Gasteiger partial charge is 0.222 e. The van der Waals surface area contributed by atoms with Crippen molar-refractivity contribution < 1.29 is 9.59 Å². The normalized spacial score (nSPS) is 28.2. The number of amides is 2. The maximum Gasteiger partial charge on any atom is 0.222 e. The van der Waals surface area contributed by atoms with E-state index in [-0.39, 0.29) is 17.9 Å². The molecule has 0 radical (unpaired) electrons. The van der Waals surface area contributed by atoms with Gasteiger partial charge in [-0.05, 0) is 38.3 Å². The minimum Gasteiger partial charge on any atom is -0.352 e. The first-order valence-electron chi connectivity index (χ1n) is 6.90. The van der Waals surface area contributed by atoms with Crippen LogP contribution >= 0.6 is 0 Å². The van der Waals surface area contributed by atoms with Gasteiger partial charge < -0.3 is 15.5 Å². The van der Waals surface area contributed by atoms with Crippen molar-refractivity contribution in [3.05, 3.63) is 0 Å². The molecule has 2 heterocycles. The second kappa shape index (κ2) is 6.18. The fourth-order valence-electron chi connectivity index (χ4n) is 2.87. The van der Waals surface area contributed by atoms with Gasteiger partial charge in [-0.25, -0.2) is 0 Å². The van der Waals surface area contributed by atoms with E-state index in [1.807, 2.05) is 4.90 Å². The Morgan fingerprint density at radius 2 is 2.22 bits per heavy atom. The highest BCUT2D eigenvalue weighted by Gasteiger charge is 2.26. The van der Waals surface area contributed by atoms with Gasteiger partial charge in [0.1, 0.15) is 0 Å².